The minimum atomic E-state index is -0.641. The van der Waals surface area contributed by atoms with Crippen LogP contribution in [0, 0.1) is 0 Å². The van der Waals surface area contributed by atoms with Crippen molar-refractivity contribution < 1.29 is 9.53 Å². The second kappa shape index (κ2) is 12.3. The average molecular weight is 555 g/mol. The average Bonchev–Trinajstić information content (AvgIpc) is 3.33. The number of anilines is 3. The van der Waals surface area contributed by atoms with Crippen LogP contribution in [0.1, 0.15) is 70.1 Å². The van der Waals surface area contributed by atoms with Gasteiger partial charge in [-0.05, 0) is 77.1 Å². The molecule has 1 amide bonds. The predicted octanol–water partition coefficient (Wildman–Crippen LogP) is 6.69. The Kier molecular flexibility index (Phi) is 9.15. The molecular formula is C28H38N6O2S2. The fraction of sp³-hybridized carbons (Fsp3) is 0.500. The predicted molar refractivity (Wildman–Crippen MR) is 157 cm³/mol. The summed E-state index contributed by atoms with van der Waals surface area (Å²) in [5, 5.41) is 9.58. The minimum Gasteiger partial charge on any atom is -0.443 e. The van der Waals surface area contributed by atoms with E-state index in [1.54, 1.807) is 28.0 Å². The summed E-state index contributed by atoms with van der Waals surface area (Å²) in [6.07, 6.45) is 3.96. The van der Waals surface area contributed by atoms with Crippen LogP contribution >= 0.6 is 23.1 Å². The van der Waals surface area contributed by atoms with Gasteiger partial charge in [0.2, 0.25) is 0 Å². The van der Waals surface area contributed by atoms with Crippen molar-refractivity contribution in [3.8, 4) is 0 Å². The second-order valence-corrected chi connectivity index (χ2v) is 12.9. The molecule has 1 aliphatic heterocycles. The number of thioether (sulfide) groups is 1. The topological polar surface area (TPSA) is 97.5 Å². The summed E-state index contributed by atoms with van der Waals surface area (Å²) >= 11 is 3.24. The van der Waals surface area contributed by atoms with E-state index in [1.807, 2.05) is 51.1 Å². The summed E-state index contributed by atoms with van der Waals surface area (Å²) in [4.78, 5) is 22.5. The van der Waals surface area contributed by atoms with Crippen LogP contribution < -0.4 is 15.5 Å². The fourth-order valence-electron chi connectivity index (χ4n) is 4.42. The molecule has 0 saturated carbocycles. The van der Waals surface area contributed by atoms with Crippen LogP contribution in [0.25, 0.3) is 0 Å². The number of aromatic nitrogens is 3. The fourth-order valence-corrected chi connectivity index (χ4v) is 6.15. The van der Waals surface area contributed by atoms with Gasteiger partial charge in [0.25, 0.3) is 0 Å². The van der Waals surface area contributed by atoms with Crippen LogP contribution in [-0.2, 0) is 23.5 Å². The standard InChI is InChI=1S/C28H38N6O2S2/c1-6-25-31-32-26(38-25)37-18-22-15-23(33-13-8-7-10-19(33)2)16-24(30-22)34(27(35)36-28(3,4)5)17-20-11-9-12-21(29)14-20/h9,11-12,14-16,19H,6-8,10,13,17-18,29H2,1-5H3. The molecule has 2 aromatic heterocycles. The molecule has 0 aliphatic carbocycles. The lowest BCUT2D eigenvalue weighted by atomic mass is 10.0. The highest BCUT2D eigenvalue weighted by Crippen LogP contribution is 2.33. The van der Waals surface area contributed by atoms with Crippen molar-refractivity contribution in [1.82, 2.24) is 15.2 Å². The highest BCUT2D eigenvalue weighted by Gasteiger charge is 2.27. The molecule has 4 rings (SSSR count). The Morgan fingerprint density at radius 3 is 2.74 bits per heavy atom. The van der Waals surface area contributed by atoms with Crippen molar-refractivity contribution >= 4 is 46.4 Å². The highest BCUT2D eigenvalue weighted by atomic mass is 32.2. The number of aryl methyl sites for hydroxylation is 1. The van der Waals surface area contributed by atoms with Gasteiger partial charge in [0, 0.05) is 35.8 Å². The van der Waals surface area contributed by atoms with Gasteiger partial charge in [0.1, 0.15) is 16.4 Å². The molecule has 1 aliphatic rings. The quantitative estimate of drug-likeness (QED) is 0.243. The number of carbonyl (C=O) groups excluding carboxylic acids is 1. The number of ether oxygens (including phenoxy) is 1. The summed E-state index contributed by atoms with van der Waals surface area (Å²) in [6.45, 7) is 11.2. The molecule has 3 heterocycles. The summed E-state index contributed by atoms with van der Waals surface area (Å²) in [7, 11) is 0. The van der Waals surface area contributed by atoms with Crippen molar-refractivity contribution in [1.29, 1.82) is 0 Å². The Hall–Kier alpha value is -2.85. The lowest BCUT2D eigenvalue weighted by Gasteiger charge is -2.36. The number of hydrogen-bond donors (Lipinski definition) is 1. The first-order chi connectivity index (χ1) is 18.1. The van der Waals surface area contributed by atoms with E-state index in [2.05, 4.69) is 35.0 Å². The number of carbonyl (C=O) groups is 1. The molecule has 1 saturated heterocycles. The van der Waals surface area contributed by atoms with Crippen molar-refractivity contribution in [2.75, 3.05) is 22.1 Å². The summed E-state index contributed by atoms with van der Waals surface area (Å²) in [5.74, 6) is 1.20. The Bertz CT molecular complexity index is 1240. The van der Waals surface area contributed by atoms with Crippen LogP contribution in [0.5, 0.6) is 0 Å². The van der Waals surface area contributed by atoms with E-state index in [-0.39, 0.29) is 0 Å². The number of piperidine rings is 1. The van der Waals surface area contributed by atoms with Crippen LogP contribution in [0.15, 0.2) is 40.7 Å². The van der Waals surface area contributed by atoms with Gasteiger partial charge in [0.05, 0.1) is 12.2 Å². The lowest BCUT2D eigenvalue weighted by Crippen LogP contribution is -2.39. The zero-order valence-corrected chi connectivity index (χ0v) is 24.6. The number of nitrogens with two attached hydrogens (primary N) is 1. The van der Waals surface area contributed by atoms with Crippen LogP contribution in [0.4, 0.5) is 22.0 Å². The second-order valence-electron chi connectivity index (χ2n) is 10.6. The van der Waals surface area contributed by atoms with Gasteiger partial charge in [-0.1, -0.05) is 42.2 Å². The smallest absolute Gasteiger partial charge is 0.416 e. The minimum absolute atomic E-state index is 0.300. The third kappa shape index (κ3) is 7.60. The molecule has 1 atom stereocenters. The third-order valence-corrected chi connectivity index (χ3v) is 8.50. The number of nitrogen functional groups attached to an aromatic ring is 1. The van der Waals surface area contributed by atoms with Crippen LogP contribution in [-0.4, -0.2) is 39.5 Å². The maximum Gasteiger partial charge on any atom is 0.416 e. The van der Waals surface area contributed by atoms with Gasteiger partial charge < -0.3 is 15.4 Å². The van der Waals surface area contributed by atoms with Crippen molar-refractivity contribution in [2.24, 2.45) is 0 Å². The molecule has 10 heteroatoms. The first-order valence-corrected chi connectivity index (χ1v) is 15.0. The first kappa shape index (κ1) is 28.2. The van der Waals surface area contributed by atoms with E-state index in [0.29, 0.717) is 29.8 Å². The van der Waals surface area contributed by atoms with Gasteiger partial charge in [-0.25, -0.2) is 9.78 Å². The number of hydrogen-bond acceptors (Lipinski definition) is 9. The largest absolute Gasteiger partial charge is 0.443 e. The zero-order valence-electron chi connectivity index (χ0n) is 22.9. The first-order valence-electron chi connectivity index (χ1n) is 13.2. The summed E-state index contributed by atoms with van der Waals surface area (Å²) < 4.78 is 6.75. The molecule has 3 aromatic rings. The molecule has 8 nitrogen and oxygen atoms in total. The molecule has 1 fully saturated rings. The SMILES string of the molecule is CCc1nnc(SCc2cc(N3CCCCC3C)cc(N(Cc3cccc(N)c3)C(=O)OC(C)(C)C)n2)s1. The van der Waals surface area contributed by atoms with Gasteiger partial charge in [0.15, 0.2) is 4.34 Å². The van der Waals surface area contributed by atoms with Gasteiger partial charge in [-0.15, -0.1) is 10.2 Å². The van der Waals surface area contributed by atoms with Crippen LogP contribution in [0.3, 0.4) is 0 Å². The normalized spacial score (nSPS) is 15.9. The number of benzene rings is 1. The summed E-state index contributed by atoms with van der Waals surface area (Å²) in [6, 6.07) is 12.2. The Balaban J connectivity index is 1.72. The molecule has 0 spiro atoms. The maximum atomic E-state index is 13.5. The van der Waals surface area contributed by atoms with E-state index in [9.17, 15) is 4.79 Å². The maximum absolute atomic E-state index is 13.5. The van der Waals surface area contributed by atoms with Gasteiger partial charge in [-0.2, -0.15) is 0 Å². The lowest BCUT2D eigenvalue weighted by molar-refractivity contribution is 0.0576. The van der Waals surface area contributed by atoms with Crippen LogP contribution in [0.2, 0.25) is 0 Å². The molecule has 1 aromatic carbocycles. The van der Waals surface area contributed by atoms with Crippen molar-refractivity contribution in [2.45, 2.75) is 88.6 Å². The molecule has 1 unspecified atom stereocenters. The molecular weight excluding hydrogens is 516 g/mol. The van der Waals surface area contributed by atoms with Gasteiger partial charge in [-0.3, -0.25) is 4.90 Å². The van der Waals surface area contributed by atoms with E-state index in [4.69, 9.17) is 15.5 Å². The number of amides is 1. The Labute approximate surface area is 234 Å². The van der Waals surface area contributed by atoms with E-state index >= 15 is 0 Å². The van der Waals surface area contributed by atoms with Crippen molar-refractivity contribution in [3.05, 3.63) is 52.7 Å². The van der Waals surface area contributed by atoms with Crippen molar-refractivity contribution in [3.63, 3.8) is 0 Å². The summed E-state index contributed by atoms with van der Waals surface area (Å²) in [5.41, 5.74) is 8.92. The molecule has 204 valence electrons. The molecule has 2 N–H and O–H groups in total. The van der Waals surface area contributed by atoms with Gasteiger partial charge >= 0.3 is 6.09 Å². The number of pyridine rings is 1. The number of nitrogens with zero attached hydrogens (tertiary/aromatic N) is 5. The van der Waals surface area contributed by atoms with E-state index in [0.717, 1.165) is 52.1 Å². The Morgan fingerprint density at radius 1 is 1.24 bits per heavy atom. The Morgan fingerprint density at radius 2 is 2.05 bits per heavy atom. The number of rotatable bonds is 8. The highest BCUT2D eigenvalue weighted by molar-refractivity contribution is 8.00. The van der Waals surface area contributed by atoms with E-state index < -0.39 is 11.7 Å². The monoisotopic (exact) mass is 554 g/mol. The molecule has 0 bridgehead atoms. The zero-order chi connectivity index (χ0) is 27.3. The third-order valence-electron chi connectivity index (χ3n) is 6.26. The van der Waals surface area contributed by atoms with E-state index in [1.165, 1.54) is 6.42 Å². The molecule has 38 heavy (non-hydrogen) atoms. The molecule has 0 radical (unpaired) electrons.